The van der Waals surface area contributed by atoms with Gasteiger partial charge in [-0.05, 0) is 29.3 Å². The molecule has 0 aliphatic rings. The van der Waals surface area contributed by atoms with Crippen molar-refractivity contribution in [3.8, 4) is 0 Å². The summed E-state index contributed by atoms with van der Waals surface area (Å²) in [6.45, 7) is 0. The lowest BCUT2D eigenvalue weighted by Crippen LogP contribution is -2.23. The summed E-state index contributed by atoms with van der Waals surface area (Å²) in [7, 11) is 0. The van der Waals surface area contributed by atoms with E-state index in [0.29, 0.717) is 11.1 Å². The lowest BCUT2D eigenvalue weighted by atomic mass is 10.0. The van der Waals surface area contributed by atoms with Crippen LogP contribution in [0.1, 0.15) is 11.1 Å². The normalized spacial score (nSPS) is 11.1. The summed E-state index contributed by atoms with van der Waals surface area (Å²) >= 11 is 0. The third kappa shape index (κ3) is 3.08. The molecule has 0 spiro atoms. The smallest absolute Gasteiger partial charge is 0.269 e. The highest BCUT2D eigenvalue weighted by Gasteiger charge is 2.05. The van der Waals surface area contributed by atoms with E-state index in [-0.39, 0.29) is 11.3 Å². The molecule has 0 heterocycles. The number of hydrogen-bond acceptors (Lipinski definition) is 4. The van der Waals surface area contributed by atoms with Crippen molar-refractivity contribution in [1.29, 1.82) is 0 Å². The fourth-order valence-corrected chi connectivity index (χ4v) is 1.74. The summed E-state index contributed by atoms with van der Waals surface area (Å²) < 4.78 is 0. The number of benzene rings is 2. The Kier molecular flexibility index (Phi) is 3.91. The highest BCUT2D eigenvalue weighted by molar-refractivity contribution is 6.19. The second-order valence-corrected chi connectivity index (χ2v) is 4.06. The van der Waals surface area contributed by atoms with E-state index in [2.05, 4.69) is 0 Å². The minimum atomic E-state index is -1.30. The molecule has 5 heteroatoms. The van der Waals surface area contributed by atoms with Gasteiger partial charge in [0, 0.05) is 17.7 Å². The molecule has 5 nitrogen and oxygen atoms in total. The van der Waals surface area contributed by atoms with E-state index in [9.17, 15) is 20.0 Å². The van der Waals surface area contributed by atoms with Crippen LogP contribution in [0.4, 0.5) is 5.69 Å². The van der Waals surface area contributed by atoms with Gasteiger partial charge in [0.25, 0.3) is 5.69 Å². The zero-order valence-electron chi connectivity index (χ0n) is 10.4. The van der Waals surface area contributed by atoms with E-state index >= 15 is 0 Å². The molecule has 0 saturated carbocycles. The monoisotopic (exact) mass is 268 g/mol. The van der Waals surface area contributed by atoms with Gasteiger partial charge in [-0.3, -0.25) is 10.1 Å². The molecule has 20 heavy (non-hydrogen) atoms. The molecule has 0 saturated heterocycles. The van der Waals surface area contributed by atoms with Gasteiger partial charge in [-0.2, -0.15) is 0 Å². The molecule has 2 aromatic carbocycles. The molecular weight excluding hydrogens is 258 g/mol. The minimum absolute atomic E-state index is 0.0273. The van der Waals surface area contributed by atoms with Crippen molar-refractivity contribution >= 4 is 23.3 Å². The Bertz CT molecular complexity index is 660. The lowest BCUT2D eigenvalue weighted by Gasteiger charge is -2.09. The van der Waals surface area contributed by atoms with Gasteiger partial charge >= 0.3 is 0 Å². The molecule has 0 atom stereocenters. The predicted molar refractivity (Wildman–Crippen MR) is 72.4 cm³/mol. The van der Waals surface area contributed by atoms with Gasteiger partial charge in [0.15, 0.2) is 0 Å². The molecule has 0 aliphatic heterocycles. The van der Waals surface area contributed by atoms with Gasteiger partial charge in [-0.15, -0.1) is 0 Å². The summed E-state index contributed by atoms with van der Waals surface area (Å²) in [5, 5.41) is 21.7. The number of nitro groups is 1. The molecule has 0 fully saturated rings. The second kappa shape index (κ2) is 5.79. The van der Waals surface area contributed by atoms with Gasteiger partial charge in [0.05, 0.1) is 10.9 Å². The van der Waals surface area contributed by atoms with Crippen LogP contribution in [0, 0.1) is 10.1 Å². The first kappa shape index (κ1) is 13.5. The fourth-order valence-electron chi connectivity index (χ4n) is 1.74. The number of carbonyl (C=O) groups excluding carboxylic acids is 1. The number of carboxylic acid groups (broad SMARTS) is 1. The molecule has 0 amide bonds. The van der Waals surface area contributed by atoms with Crippen molar-refractivity contribution in [1.82, 2.24) is 0 Å². The molecule has 0 aromatic heterocycles. The number of carbonyl (C=O) groups is 1. The van der Waals surface area contributed by atoms with Crippen LogP contribution in [0.25, 0.3) is 11.6 Å². The zero-order chi connectivity index (χ0) is 14.5. The average Bonchev–Trinajstić information content (AvgIpc) is 2.46. The van der Waals surface area contributed by atoms with Crippen molar-refractivity contribution in [3.63, 3.8) is 0 Å². The Labute approximate surface area is 115 Å². The largest absolute Gasteiger partial charge is 0.545 e. The lowest BCUT2D eigenvalue weighted by molar-refractivity contribution is -0.384. The highest BCUT2D eigenvalue weighted by atomic mass is 16.6. The molecule has 0 aliphatic carbocycles. The third-order valence-corrected chi connectivity index (χ3v) is 2.72. The number of aliphatic carboxylic acids is 1. The number of non-ortho nitro benzene ring substituents is 1. The first-order chi connectivity index (χ1) is 9.58. The Morgan fingerprint density at radius 2 is 1.60 bits per heavy atom. The quantitative estimate of drug-likeness (QED) is 0.367. The van der Waals surface area contributed by atoms with E-state index in [0.717, 1.165) is 0 Å². The van der Waals surface area contributed by atoms with Crippen LogP contribution in [0.5, 0.6) is 0 Å². The number of rotatable bonds is 4. The van der Waals surface area contributed by atoms with Crippen LogP contribution in [-0.4, -0.2) is 10.9 Å². The molecule has 0 radical (unpaired) electrons. The van der Waals surface area contributed by atoms with E-state index < -0.39 is 10.9 Å². The van der Waals surface area contributed by atoms with Gasteiger partial charge in [0.2, 0.25) is 0 Å². The van der Waals surface area contributed by atoms with E-state index in [1.807, 2.05) is 0 Å². The first-order valence-corrected chi connectivity index (χ1v) is 5.81. The summed E-state index contributed by atoms with van der Waals surface area (Å²) in [5.74, 6) is -1.30. The summed E-state index contributed by atoms with van der Waals surface area (Å²) in [5.41, 5.74) is 1.06. The Morgan fingerprint density at radius 3 is 2.10 bits per heavy atom. The van der Waals surface area contributed by atoms with Crippen LogP contribution < -0.4 is 5.11 Å². The summed E-state index contributed by atoms with van der Waals surface area (Å²) in [4.78, 5) is 21.2. The molecule has 100 valence electrons. The molecule has 0 bridgehead atoms. The molecular formula is C15H10NO4-. The predicted octanol–water partition coefficient (Wildman–Crippen LogP) is 1.89. The Morgan fingerprint density at radius 1 is 1.00 bits per heavy atom. The number of hydrogen-bond donors (Lipinski definition) is 0. The van der Waals surface area contributed by atoms with Crippen molar-refractivity contribution in [3.05, 3.63) is 75.8 Å². The molecule has 0 N–H and O–H groups in total. The zero-order valence-corrected chi connectivity index (χ0v) is 10.4. The third-order valence-electron chi connectivity index (χ3n) is 2.72. The molecule has 2 aromatic rings. The highest BCUT2D eigenvalue weighted by Crippen LogP contribution is 2.19. The maximum Gasteiger partial charge on any atom is 0.269 e. The van der Waals surface area contributed by atoms with Crippen LogP contribution in [0.15, 0.2) is 54.6 Å². The molecule has 2 rings (SSSR count). The van der Waals surface area contributed by atoms with Crippen molar-refractivity contribution in [2.45, 2.75) is 0 Å². The van der Waals surface area contributed by atoms with Crippen molar-refractivity contribution in [2.75, 3.05) is 0 Å². The van der Waals surface area contributed by atoms with Gasteiger partial charge in [-0.1, -0.05) is 30.3 Å². The maximum absolute atomic E-state index is 11.2. The summed E-state index contributed by atoms with van der Waals surface area (Å²) in [6.07, 6.45) is 1.42. The van der Waals surface area contributed by atoms with Gasteiger partial charge in [0.1, 0.15) is 0 Å². The average molecular weight is 268 g/mol. The Hall–Kier alpha value is -2.95. The van der Waals surface area contributed by atoms with Crippen LogP contribution in [0.3, 0.4) is 0 Å². The second-order valence-electron chi connectivity index (χ2n) is 4.06. The Balaban J connectivity index is 2.39. The van der Waals surface area contributed by atoms with Crippen LogP contribution in [0.2, 0.25) is 0 Å². The van der Waals surface area contributed by atoms with Crippen LogP contribution >= 0.6 is 0 Å². The minimum Gasteiger partial charge on any atom is -0.545 e. The van der Waals surface area contributed by atoms with E-state index in [1.165, 1.54) is 30.3 Å². The number of nitrogens with zero attached hydrogens (tertiary/aromatic N) is 1. The van der Waals surface area contributed by atoms with Crippen molar-refractivity contribution < 1.29 is 14.8 Å². The van der Waals surface area contributed by atoms with Crippen LogP contribution in [-0.2, 0) is 4.79 Å². The summed E-state index contributed by atoms with van der Waals surface area (Å²) in [6, 6.07) is 14.2. The number of carboxylic acids is 1. The fraction of sp³-hybridized carbons (Fsp3) is 0. The standard InChI is InChI=1S/C15H11NO4/c17-15(18)14(12-4-2-1-3-5-12)10-11-6-8-13(9-7-11)16(19)20/h1-10H,(H,17,18)/p-1/b14-10-. The topological polar surface area (TPSA) is 83.3 Å². The van der Waals surface area contributed by atoms with Gasteiger partial charge < -0.3 is 9.90 Å². The molecule has 0 unspecified atom stereocenters. The van der Waals surface area contributed by atoms with E-state index in [1.54, 1.807) is 30.3 Å². The number of nitro benzene ring substituents is 1. The SMILES string of the molecule is O=C([O-])/C(=C\c1ccc([N+](=O)[O-])cc1)c1ccccc1. The van der Waals surface area contributed by atoms with E-state index in [4.69, 9.17) is 0 Å². The van der Waals surface area contributed by atoms with Crippen molar-refractivity contribution in [2.24, 2.45) is 0 Å². The first-order valence-electron chi connectivity index (χ1n) is 5.81. The van der Waals surface area contributed by atoms with Gasteiger partial charge in [-0.25, -0.2) is 0 Å². The maximum atomic E-state index is 11.2.